The van der Waals surface area contributed by atoms with Crippen LogP contribution in [0.5, 0.6) is 0 Å². The van der Waals surface area contributed by atoms with E-state index in [0.717, 1.165) is 0 Å². The zero-order valence-corrected chi connectivity index (χ0v) is 16.2. The lowest BCUT2D eigenvalue weighted by molar-refractivity contribution is 0.0222. The summed E-state index contributed by atoms with van der Waals surface area (Å²) in [6, 6.07) is 7.03. The lowest BCUT2D eigenvalue weighted by atomic mass is 10.1. The summed E-state index contributed by atoms with van der Waals surface area (Å²) in [6.45, 7) is 3.16. The number of piperidine rings is 1. The molecule has 26 heavy (non-hydrogen) atoms. The van der Waals surface area contributed by atoms with Crippen LogP contribution in [-0.2, 0) is 26.9 Å². The van der Waals surface area contributed by atoms with Gasteiger partial charge in [-0.05, 0) is 24.5 Å². The van der Waals surface area contributed by atoms with Crippen molar-refractivity contribution in [2.75, 3.05) is 19.7 Å². The molecule has 0 spiro atoms. The Balaban J connectivity index is 1.46. The third-order valence-electron chi connectivity index (χ3n) is 4.34. The Kier molecular flexibility index (Phi) is 6.29. The molecule has 0 atom stereocenters. The summed E-state index contributed by atoms with van der Waals surface area (Å²) in [4.78, 5) is 4.13. The summed E-state index contributed by atoms with van der Waals surface area (Å²) < 4.78 is 37.5. The summed E-state index contributed by atoms with van der Waals surface area (Å²) in [5.41, 5.74) is 0.628. The van der Waals surface area contributed by atoms with Gasteiger partial charge in [0.2, 0.25) is 15.9 Å². The van der Waals surface area contributed by atoms with Gasteiger partial charge in [-0.1, -0.05) is 35.0 Å². The van der Waals surface area contributed by atoms with Crippen LogP contribution in [0.2, 0.25) is 5.02 Å². The van der Waals surface area contributed by atoms with Gasteiger partial charge < -0.3 is 9.26 Å². The van der Waals surface area contributed by atoms with E-state index in [-0.39, 0.29) is 11.9 Å². The number of benzene rings is 1. The second-order valence-electron chi connectivity index (χ2n) is 6.30. The van der Waals surface area contributed by atoms with Crippen LogP contribution in [-0.4, -0.2) is 48.7 Å². The predicted molar refractivity (Wildman–Crippen MR) is 97.4 cm³/mol. The maximum atomic E-state index is 12.6. The van der Waals surface area contributed by atoms with Gasteiger partial charge in [-0.3, -0.25) is 0 Å². The molecule has 3 rings (SSSR count). The smallest absolute Gasteiger partial charge is 0.223 e. The van der Waals surface area contributed by atoms with Crippen molar-refractivity contribution >= 4 is 21.6 Å². The van der Waals surface area contributed by atoms with Crippen molar-refractivity contribution in [2.24, 2.45) is 0 Å². The molecule has 1 aliphatic heterocycles. The number of aromatic nitrogens is 2. The summed E-state index contributed by atoms with van der Waals surface area (Å²) in [5, 5.41) is 4.30. The summed E-state index contributed by atoms with van der Waals surface area (Å²) in [7, 11) is -3.38. The van der Waals surface area contributed by atoms with E-state index in [2.05, 4.69) is 10.1 Å². The number of hydrogen-bond donors (Lipinski definition) is 0. The minimum Gasteiger partial charge on any atom is -0.378 e. The van der Waals surface area contributed by atoms with Crippen LogP contribution in [0.25, 0.3) is 0 Å². The minimum atomic E-state index is -3.38. The van der Waals surface area contributed by atoms with Crippen LogP contribution in [0.4, 0.5) is 0 Å². The standard InChI is InChI=1S/C17H22ClN3O4S/c1-13-19-17(20-25-13)8-11-24-15-6-9-21(10-7-15)26(22,23)12-14-4-2-3-5-16(14)18/h2-5,15H,6-12H2,1H3. The van der Waals surface area contributed by atoms with Crippen molar-refractivity contribution in [1.82, 2.24) is 14.4 Å². The average molecular weight is 400 g/mol. The van der Waals surface area contributed by atoms with E-state index in [0.29, 0.717) is 61.3 Å². The zero-order chi connectivity index (χ0) is 18.6. The quantitative estimate of drug-likeness (QED) is 0.711. The Morgan fingerprint density at radius 1 is 1.31 bits per heavy atom. The molecule has 2 aromatic rings. The SMILES string of the molecule is Cc1nc(CCOC2CCN(S(=O)(=O)Cc3ccccc3Cl)CC2)no1. The van der Waals surface area contributed by atoms with E-state index in [9.17, 15) is 8.42 Å². The third-order valence-corrected chi connectivity index (χ3v) is 6.54. The topological polar surface area (TPSA) is 85.5 Å². The number of halogens is 1. The highest BCUT2D eigenvalue weighted by Gasteiger charge is 2.29. The Labute approximate surface area is 158 Å². The Hall–Kier alpha value is -1.48. The fraction of sp³-hybridized carbons (Fsp3) is 0.529. The molecule has 0 bridgehead atoms. The van der Waals surface area contributed by atoms with Gasteiger partial charge in [0, 0.05) is 31.5 Å². The number of nitrogens with zero attached hydrogens (tertiary/aromatic N) is 3. The molecule has 0 unspecified atom stereocenters. The van der Waals surface area contributed by atoms with Crippen LogP contribution in [0.1, 0.15) is 30.1 Å². The molecule has 9 heteroatoms. The first-order chi connectivity index (χ1) is 12.4. The second kappa shape index (κ2) is 8.47. The fourth-order valence-corrected chi connectivity index (χ4v) is 4.82. The Bertz CT molecular complexity index is 832. The number of sulfonamides is 1. The van der Waals surface area contributed by atoms with E-state index < -0.39 is 10.0 Å². The highest BCUT2D eigenvalue weighted by Crippen LogP contribution is 2.23. The van der Waals surface area contributed by atoms with E-state index in [1.54, 1.807) is 31.2 Å². The first-order valence-corrected chi connectivity index (χ1v) is 10.5. The average Bonchev–Trinajstić information content (AvgIpc) is 3.03. The van der Waals surface area contributed by atoms with E-state index in [4.69, 9.17) is 20.9 Å². The van der Waals surface area contributed by atoms with Gasteiger partial charge in [-0.15, -0.1) is 0 Å². The van der Waals surface area contributed by atoms with Crippen molar-refractivity contribution in [1.29, 1.82) is 0 Å². The molecule has 0 amide bonds. The molecule has 0 radical (unpaired) electrons. The number of aryl methyl sites for hydroxylation is 1. The fourth-order valence-electron chi connectivity index (χ4n) is 2.94. The number of rotatable bonds is 7. The molecule has 0 saturated carbocycles. The van der Waals surface area contributed by atoms with Crippen LogP contribution in [0.15, 0.2) is 28.8 Å². The first-order valence-electron chi connectivity index (χ1n) is 8.56. The maximum Gasteiger partial charge on any atom is 0.223 e. The Morgan fingerprint density at radius 2 is 2.04 bits per heavy atom. The van der Waals surface area contributed by atoms with Crippen molar-refractivity contribution < 1.29 is 17.7 Å². The normalized spacial score (nSPS) is 16.8. The molecular formula is C17H22ClN3O4S. The molecule has 1 fully saturated rings. The molecule has 7 nitrogen and oxygen atoms in total. The predicted octanol–water partition coefficient (Wildman–Crippen LogP) is 2.58. The molecule has 142 valence electrons. The van der Waals surface area contributed by atoms with Gasteiger partial charge in [0.15, 0.2) is 5.82 Å². The highest BCUT2D eigenvalue weighted by atomic mass is 35.5. The van der Waals surface area contributed by atoms with Gasteiger partial charge in [0.25, 0.3) is 0 Å². The molecule has 1 saturated heterocycles. The van der Waals surface area contributed by atoms with Crippen molar-refractivity contribution in [3.8, 4) is 0 Å². The molecule has 1 aliphatic rings. The van der Waals surface area contributed by atoms with Crippen LogP contribution in [0.3, 0.4) is 0 Å². The van der Waals surface area contributed by atoms with Crippen molar-refractivity contribution in [3.63, 3.8) is 0 Å². The summed E-state index contributed by atoms with van der Waals surface area (Å²) >= 11 is 6.08. The molecule has 0 aliphatic carbocycles. The van der Waals surface area contributed by atoms with Gasteiger partial charge >= 0.3 is 0 Å². The molecule has 1 aromatic carbocycles. The molecule has 1 aromatic heterocycles. The highest BCUT2D eigenvalue weighted by molar-refractivity contribution is 7.88. The number of hydrogen-bond acceptors (Lipinski definition) is 6. The van der Waals surface area contributed by atoms with Gasteiger partial charge in [0.05, 0.1) is 18.5 Å². The molecular weight excluding hydrogens is 378 g/mol. The molecule has 0 N–H and O–H groups in total. The van der Waals surface area contributed by atoms with Crippen LogP contribution < -0.4 is 0 Å². The largest absolute Gasteiger partial charge is 0.378 e. The first kappa shape index (κ1) is 19.3. The second-order valence-corrected chi connectivity index (χ2v) is 8.67. The van der Waals surface area contributed by atoms with Crippen molar-refractivity contribution in [3.05, 3.63) is 46.6 Å². The maximum absolute atomic E-state index is 12.6. The van der Waals surface area contributed by atoms with Crippen LogP contribution in [0, 0.1) is 6.92 Å². The minimum absolute atomic E-state index is 0.0507. The summed E-state index contributed by atoms with van der Waals surface area (Å²) in [6.07, 6.45) is 1.98. The monoisotopic (exact) mass is 399 g/mol. The van der Waals surface area contributed by atoms with E-state index in [1.165, 1.54) is 4.31 Å². The van der Waals surface area contributed by atoms with Gasteiger partial charge in [-0.2, -0.15) is 4.98 Å². The van der Waals surface area contributed by atoms with E-state index in [1.807, 2.05) is 0 Å². The summed E-state index contributed by atoms with van der Waals surface area (Å²) in [5.74, 6) is 1.09. The van der Waals surface area contributed by atoms with Gasteiger partial charge in [-0.25, -0.2) is 12.7 Å². The van der Waals surface area contributed by atoms with E-state index >= 15 is 0 Å². The Morgan fingerprint density at radius 3 is 2.69 bits per heavy atom. The zero-order valence-electron chi connectivity index (χ0n) is 14.6. The van der Waals surface area contributed by atoms with Crippen molar-refractivity contribution in [2.45, 2.75) is 38.0 Å². The lowest BCUT2D eigenvalue weighted by Gasteiger charge is -2.31. The van der Waals surface area contributed by atoms with Gasteiger partial charge in [0.1, 0.15) is 0 Å². The lowest BCUT2D eigenvalue weighted by Crippen LogP contribution is -2.41. The molecule has 2 heterocycles. The third kappa shape index (κ3) is 5.03. The number of ether oxygens (including phenoxy) is 1. The van der Waals surface area contributed by atoms with Crippen LogP contribution >= 0.6 is 11.6 Å².